The van der Waals surface area contributed by atoms with Crippen LogP contribution in [0.5, 0.6) is 34.5 Å². The van der Waals surface area contributed by atoms with Crippen LogP contribution in [-0.4, -0.2) is 35.8 Å². The standard InChI is InChI=1S/3C28H26O4/c29-27(23-15-13-19-7-1-3-9-21(19)17-23)31-25-11-5-6-12-26(25)32-28(30)24-16-14-20-8-2-4-10-22(20)18-24;29-27(23-14-12-19-6-1-3-8-21(19)16-23)31-25-10-5-11-26(18-25)32-28(30)24-15-13-20-7-2-4-9-22(20)17-24;29-27(23-11-9-19-5-1-3-7-21(19)17-23)31-25-13-15-26(16-14-25)32-28(30)24-12-10-20-6-2-4-8-22(20)18-24/h5-6,11-18H,1-4,7-10H2;5,10-18H,1-4,6-9H2;9-18H,1-8H2. The lowest BCUT2D eigenvalue weighted by Crippen LogP contribution is -2.14. The molecule has 6 aliphatic carbocycles. The van der Waals surface area contributed by atoms with Crippen LogP contribution in [0, 0.1) is 0 Å². The third kappa shape index (κ3) is 16.1. The van der Waals surface area contributed by atoms with Crippen LogP contribution in [0.15, 0.2) is 182 Å². The number of esters is 6. The van der Waals surface area contributed by atoms with Gasteiger partial charge >= 0.3 is 35.8 Å². The largest absolute Gasteiger partial charge is 0.423 e. The molecule has 0 N–H and O–H groups in total. The first-order valence-electron chi connectivity index (χ1n) is 34.3. The number of benzene rings is 9. The fourth-order valence-corrected chi connectivity index (χ4v) is 13.9. The Morgan fingerprint density at radius 3 is 0.635 bits per heavy atom. The molecule has 12 nitrogen and oxygen atoms in total. The molecule has 0 heterocycles. The molecule has 0 bridgehead atoms. The van der Waals surface area contributed by atoms with Crippen LogP contribution in [0.25, 0.3) is 0 Å². The smallest absolute Gasteiger partial charge is 0.343 e. The molecule has 9 aromatic rings. The van der Waals surface area contributed by atoms with Crippen molar-refractivity contribution in [1.82, 2.24) is 0 Å². The number of hydrogen-bond acceptors (Lipinski definition) is 12. The summed E-state index contributed by atoms with van der Waals surface area (Å²) in [6.07, 6.45) is 26.6. The van der Waals surface area contributed by atoms with E-state index < -0.39 is 23.9 Å². The van der Waals surface area contributed by atoms with Gasteiger partial charge in [-0.3, -0.25) is 0 Å². The van der Waals surface area contributed by atoms with Gasteiger partial charge in [-0.05, 0) is 342 Å². The van der Waals surface area contributed by atoms with Crippen molar-refractivity contribution in [1.29, 1.82) is 0 Å². The zero-order valence-corrected chi connectivity index (χ0v) is 54.2. The molecular formula is C84H78O12. The van der Waals surface area contributed by atoms with Gasteiger partial charge in [-0.1, -0.05) is 54.6 Å². The second-order valence-corrected chi connectivity index (χ2v) is 25.9. The van der Waals surface area contributed by atoms with E-state index in [0.717, 1.165) is 116 Å². The molecule has 9 aromatic carbocycles. The lowest BCUT2D eigenvalue weighted by molar-refractivity contribution is 0.0682. The molecular weight excluding hydrogens is 1200 g/mol. The first-order valence-corrected chi connectivity index (χ1v) is 34.3. The number of carbonyl (C=O) groups is 6. The summed E-state index contributed by atoms with van der Waals surface area (Å²) in [6.45, 7) is 0. The molecule has 96 heavy (non-hydrogen) atoms. The third-order valence-corrected chi connectivity index (χ3v) is 19.2. The summed E-state index contributed by atoms with van der Waals surface area (Å²) in [6, 6.07) is 54.8. The van der Waals surface area contributed by atoms with Crippen molar-refractivity contribution in [2.75, 3.05) is 0 Å². The van der Waals surface area contributed by atoms with Gasteiger partial charge in [0.1, 0.15) is 23.0 Å². The Morgan fingerprint density at radius 1 is 0.188 bits per heavy atom. The molecule has 0 spiro atoms. The minimum Gasteiger partial charge on any atom is -0.423 e. The maximum atomic E-state index is 12.8. The molecule has 0 radical (unpaired) electrons. The monoisotopic (exact) mass is 1280 g/mol. The molecule has 0 atom stereocenters. The molecule has 0 saturated heterocycles. The molecule has 0 fully saturated rings. The van der Waals surface area contributed by atoms with Gasteiger partial charge < -0.3 is 28.4 Å². The Hall–Kier alpha value is -10.2. The highest BCUT2D eigenvalue weighted by atomic mass is 16.6. The maximum absolute atomic E-state index is 12.8. The van der Waals surface area contributed by atoms with Crippen LogP contribution in [0.2, 0.25) is 0 Å². The number of carbonyl (C=O) groups excluding carboxylic acids is 6. The molecule has 0 amide bonds. The summed E-state index contributed by atoms with van der Waals surface area (Å²) in [5.74, 6) is -0.452. The van der Waals surface area contributed by atoms with Crippen molar-refractivity contribution in [3.05, 3.63) is 282 Å². The second kappa shape index (κ2) is 30.5. The van der Waals surface area contributed by atoms with E-state index in [9.17, 15) is 28.8 Å². The Balaban J connectivity index is 0.000000130. The summed E-state index contributed by atoms with van der Waals surface area (Å²) in [5.41, 5.74) is 18.6. The van der Waals surface area contributed by atoms with Crippen molar-refractivity contribution < 1.29 is 57.2 Å². The van der Waals surface area contributed by atoms with Crippen molar-refractivity contribution in [2.24, 2.45) is 0 Å². The SMILES string of the molecule is O=C(Oc1ccc(OC(=O)c2ccc3c(c2)CCCC3)cc1)c1ccc2c(c1)CCCC2.O=C(Oc1cccc(OC(=O)c2ccc3c(c2)CCCC3)c1)c1ccc2c(c1)CCCC2.O=C(Oc1ccccc1OC(=O)c1ccc2c(c1)CCCC2)c1ccc2c(c1)CCCC2. The predicted octanol–water partition coefficient (Wildman–Crippen LogP) is 17.6. The number of para-hydroxylation sites is 2. The summed E-state index contributed by atoms with van der Waals surface area (Å²) >= 11 is 0. The van der Waals surface area contributed by atoms with E-state index in [1.54, 1.807) is 72.8 Å². The highest BCUT2D eigenvalue weighted by molar-refractivity contribution is 5.95. The Labute approximate surface area is 560 Å². The Morgan fingerprint density at radius 2 is 0.396 bits per heavy atom. The van der Waals surface area contributed by atoms with E-state index in [0.29, 0.717) is 56.4 Å². The Bertz CT molecular complexity index is 4130. The fourth-order valence-electron chi connectivity index (χ4n) is 13.9. The lowest BCUT2D eigenvalue weighted by atomic mass is 9.90. The van der Waals surface area contributed by atoms with Gasteiger partial charge in [0, 0.05) is 6.07 Å². The summed E-state index contributed by atoms with van der Waals surface area (Å²) in [5, 5.41) is 0. The number of fused-ring (bicyclic) bond motifs is 6. The maximum Gasteiger partial charge on any atom is 0.343 e. The highest BCUT2D eigenvalue weighted by Gasteiger charge is 2.23. The number of rotatable bonds is 12. The van der Waals surface area contributed by atoms with Crippen LogP contribution >= 0.6 is 0 Å². The van der Waals surface area contributed by atoms with Gasteiger partial charge in [-0.25, -0.2) is 28.8 Å². The van der Waals surface area contributed by atoms with Crippen LogP contribution in [0.1, 0.15) is 206 Å². The topological polar surface area (TPSA) is 158 Å². The molecule has 486 valence electrons. The van der Waals surface area contributed by atoms with Crippen LogP contribution in [0.4, 0.5) is 0 Å². The molecule has 0 aliphatic heterocycles. The summed E-state index contributed by atoms with van der Waals surface area (Å²) < 4.78 is 33.4. The van der Waals surface area contributed by atoms with Crippen molar-refractivity contribution in [3.8, 4) is 34.5 Å². The minimum atomic E-state index is -0.448. The zero-order valence-electron chi connectivity index (χ0n) is 54.2. The second-order valence-electron chi connectivity index (χ2n) is 25.9. The lowest BCUT2D eigenvalue weighted by Gasteiger charge is -2.17. The fraction of sp³-hybridized carbons (Fsp3) is 0.286. The van der Waals surface area contributed by atoms with Gasteiger partial charge in [-0.2, -0.15) is 0 Å². The normalized spacial score (nSPS) is 14.8. The summed E-state index contributed by atoms with van der Waals surface area (Å²) in [4.78, 5) is 76.0. The van der Waals surface area contributed by atoms with Gasteiger partial charge in [0.05, 0.1) is 33.4 Å². The highest BCUT2D eigenvalue weighted by Crippen LogP contribution is 2.33. The number of ether oxygens (including phenoxy) is 6. The first kappa shape index (κ1) is 64.5. The molecule has 0 unspecified atom stereocenters. The van der Waals surface area contributed by atoms with Gasteiger partial charge in [0.2, 0.25) is 0 Å². The van der Waals surface area contributed by atoms with Crippen molar-refractivity contribution in [3.63, 3.8) is 0 Å². The van der Waals surface area contributed by atoms with Gasteiger partial charge in [0.15, 0.2) is 11.5 Å². The molecule has 6 aliphatic rings. The van der Waals surface area contributed by atoms with E-state index in [4.69, 9.17) is 28.4 Å². The van der Waals surface area contributed by atoms with Crippen LogP contribution in [-0.2, 0) is 77.0 Å². The van der Waals surface area contributed by atoms with Gasteiger partial charge in [0.25, 0.3) is 0 Å². The van der Waals surface area contributed by atoms with E-state index in [-0.39, 0.29) is 23.4 Å². The zero-order chi connectivity index (χ0) is 65.7. The van der Waals surface area contributed by atoms with Crippen LogP contribution < -0.4 is 28.4 Å². The molecule has 0 aromatic heterocycles. The van der Waals surface area contributed by atoms with E-state index in [1.165, 1.54) is 105 Å². The van der Waals surface area contributed by atoms with Crippen molar-refractivity contribution in [2.45, 2.75) is 154 Å². The molecule has 15 rings (SSSR count). The van der Waals surface area contributed by atoms with Gasteiger partial charge in [-0.15, -0.1) is 0 Å². The Kier molecular flexibility index (Phi) is 20.5. The summed E-state index contributed by atoms with van der Waals surface area (Å²) in [7, 11) is 0. The number of aryl methyl sites for hydroxylation is 12. The average Bonchev–Trinajstić information content (AvgIpc) is 1.01. The first-order chi connectivity index (χ1) is 47.0. The van der Waals surface area contributed by atoms with E-state index >= 15 is 0 Å². The minimum absolute atomic E-state index is 0.238. The van der Waals surface area contributed by atoms with Crippen molar-refractivity contribution >= 4 is 35.8 Å². The van der Waals surface area contributed by atoms with E-state index in [2.05, 4.69) is 0 Å². The van der Waals surface area contributed by atoms with E-state index in [1.807, 2.05) is 109 Å². The quantitative estimate of drug-likeness (QED) is 0.0843. The molecule has 12 heteroatoms. The third-order valence-electron chi connectivity index (χ3n) is 19.2. The molecule has 0 saturated carbocycles. The predicted molar refractivity (Wildman–Crippen MR) is 368 cm³/mol. The van der Waals surface area contributed by atoms with Crippen LogP contribution in [0.3, 0.4) is 0 Å². The average molecular weight is 1280 g/mol. The number of hydrogen-bond donors (Lipinski definition) is 0.